The first-order valence-corrected chi connectivity index (χ1v) is 6.35. The van der Waals surface area contributed by atoms with Crippen molar-refractivity contribution in [1.82, 2.24) is 4.98 Å². The molecule has 0 aromatic carbocycles. The van der Waals surface area contributed by atoms with E-state index in [1.165, 1.54) is 18.2 Å². The van der Waals surface area contributed by atoms with E-state index in [-0.39, 0.29) is 11.9 Å². The molecule has 1 heterocycles. The number of methoxy groups -OCH3 is 1. The van der Waals surface area contributed by atoms with Crippen LogP contribution in [0.5, 0.6) is 0 Å². The summed E-state index contributed by atoms with van der Waals surface area (Å²) in [5.74, 6) is 1.47. The van der Waals surface area contributed by atoms with Gasteiger partial charge in [-0.1, -0.05) is 13.0 Å². The third-order valence-electron chi connectivity index (χ3n) is 2.17. The molecule has 0 spiro atoms. The number of aryl methyl sites for hydroxylation is 1. The number of rotatable bonds is 5. The Morgan fingerprint density at radius 2 is 2.31 bits per heavy atom. The molecule has 0 aliphatic heterocycles. The van der Waals surface area contributed by atoms with Gasteiger partial charge in [-0.3, -0.25) is 9.78 Å². The Morgan fingerprint density at radius 3 is 2.94 bits per heavy atom. The van der Waals surface area contributed by atoms with Crippen molar-refractivity contribution in [2.75, 3.05) is 12.9 Å². The number of carbonyl (C=O) groups is 1. The van der Waals surface area contributed by atoms with Crippen LogP contribution in [0.25, 0.3) is 0 Å². The van der Waals surface area contributed by atoms with Gasteiger partial charge in [0, 0.05) is 23.9 Å². The fourth-order valence-electron chi connectivity index (χ4n) is 1.32. The van der Waals surface area contributed by atoms with Gasteiger partial charge in [0.2, 0.25) is 0 Å². The van der Waals surface area contributed by atoms with E-state index in [4.69, 9.17) is 0 Å². The van der Waals surface area contributed by atoms with Crippen LogP contribution < -0.4 is 0 Å². The van der Waals surface area contributed by atoms with Crippen LogP contribution in [0.2, 0.25) is 0 Å². The van der Waals surface area contributed by atoms with Gasteiger partial charge in [0.1, 0.15) is 0 Å². The van der Waals surface area contributed by atoms with Crippen molar-refractivity contribution >= 4 is 17.7 Å². The second kappa shape index (κ2) is 6.53. The average Bonchev–Trinajstić information content (AvgIpc) is 2.28. The summed E-state index contributed by atoms with van der Waals surface area (Å²) in [5, 5.41) is 0. The Labute approximate surface area is 101 Å². The van der Waals surface area contributed by atoms with Gasteiger partial charge in [0.25, 0.3) is 0 Å². The molecule has 1 unspecified atom stereocenters. The van der Waals surface area contributed by atoms with E-state index in [9.17, 15) is 4.79 Å². The lowest BCUT2D eigenvalue weighted by molar-refractivity contribution is -0.143. The van der Waals surface area contributed by atoms with E-state index in [0.29, 0.717) is 0 Å². The van der Waals surface area contributed by atoms with Crippen molar-refractivity contribution in [3.05, 3.63) is 29.6 Å². The zero-order chi connectivity index (χ0) is 12.0. The van der Waals surface area contributed by atoms with Crippen LogP contribution in [0.1, 0.15) is 18.1 Å². The van der Waals surface area contributed by atoms with Crippen LogP contribution in [0.15, 0.2) is 18.5 Å². The van der Waals surface area contributed by atoms with E-state index in [2.05, 4.69) is 15.8 Å². The first-order valence-electron chi connectivity index (χ1n) is 5.19. The van der Waals surface area contributed by atoms with Crippen molar-refractivity contribution < 1.29 is 9.53 Å². The number of carbonyl (C=O) groups excluding carboxylic acids is 1. The van der Waals surface area contributed by atoms with E-state index in [0.717, 1.165) is 11.5 Å². The van der Waals surface area contributed by atoms with Crippen molar-refractivity contribution in [2.24, 2.45) is 5.92 Å². The summed E-state index contributed by atoms with van der Waals surface area (Å²) in [7, 11) is 1.42. The number of hydrogen-bond acceptors (Lipinski definition) is 4. The van der Waals surface area contributed by atoms with Gasteiger partial charge in [0.15, 0.2) is 0 Å². The van der Waals surface area contributed by atoms with Crippen LogP contribution in [0.3, 0.4) is 0 Å². The average molecular weight is 239 g/mol. The maximum absolute atomic E-state index is 11.2. The summed E-state index contributed by atoms with van der Waals surface area (Å²) in [6, 6.07) is 2.11. The second-order valence-corrected chi connectivity index (χ2v) is 4.84. The Morgan fingerprint density at radius 1 is 1.56 bits per heavy atom. The molecular formula is C12H17NO2S. The Balaban J connectivity index is 2.33. The van der Waals surface area contributed by atoms with Gasteiger partial charge in [-0.2, -0.15) is 11.8 Å². The summed E-state index contributed by atoms with van der Waals surface area (Å²) >= 11 is 1.73. The highest BCUT2D eigenvalue weighted by molar-refractivity contribution is 7.98. The quantitative estimate of drug-likeness (QED) is 0.740. The van der Waals surface area contributed by atoms with Crippen LogP contribution in [0, 0.1) is 12.8 Å². The molecule has 1 aromatic rings. The molecule has 0 aliphatic carbocycles. The molecule has 3 nitrogen and oxygen atoms in total. The Bertz CT molecular complexity index is 355. The van der Waals surface area contributed by atoms with Gasteiger partial charge in [0.05, 0.1) is 13.0 Å². The second-order valence-electron chi connectivity index (χ2n) is 3.81. The number of thioether (sulfide) groups is 1. The third kappa shape index (κ3) is 4.23. The molecule has 16 heavy (non-hydrogen) atoms. The molecule has 0 fully saturated rings. The molecule has 1 rings (SSSR count). The maximum atomic E-state index is 11.2. The zero-order valence-electron chi connectivity index (χ0n) is 9.90. The molecule has 0 bridgehead atoms. The lowest BCUT2D eigenvalue weighted by atomic mass is 10.2. The molecular weight excluding hydrogens is 222 g/mol. The highest BCUT2D eigenvalue weighted by atomic mass is 32.2. The smallest absolute Gasteiger partial charge is 0.309 e. The number of ether oxygens (including phenoxy) is 1. The molecule has 0 saturated carbocycles. The lowest BCUT2D eigenvalue weighted by Gasteiger charge is -2.08. The number of esters is 1. The van der Waals surface area contributed by atoms with Crippen molar-refractivity contribution in [3.63, 3.8) is 0 Å². The molecule has 0 radical (unpaired) electrons. The summed E-state index contributed by atoms with van der Waals surface area (Å²) in [6.07, 6.45) is 3.70. The highest BCUT2D eigenvalue weighted by Gasteiger charge is 2.12. The molecule has 0 N–H and O–H groups in total. The fraction of sp³-hybridized carbons (Fsp3) is 0.500. The van der Waals surface area contributed by atoms with Gasteiger partial charge in [-0.15, -0.1) is 0 Å². The normalized spacial score (nSPS) is 12.2. The first kappa shape index (κ1) is 13.0. The van der Waals surface area contributed by atoms with Crippen molar-refractivity contribution in [2.45, 2.75) is 19.6 Å². The summed E-state index contributed by atoms with van der Waals surface area (Å²) in [5.41, 5.74) is 2.36. The van der Waals surface area contributed by atoms with E-state index in [1.54, 1.807) is 11.8 Å². The maximum Gasteiger partial charge on any atom is 0.309 e. The monoisotopic (exact) mass is 239 g/mol. The number of hydrogen-bond donors (Lipinski definition) is 0. The van der Waals surface area contributed by atoms with E-state index in [1.807, 2.05) is 26.2 Å². The van der Waals surface area contributed by atoms with Crippen molar-refractivity contribution in [1.29, 1.82) is 0 Å². The highest BCUT2D eigenvalue weighted by Crippen LogP contribution is 2.16. The van der Waals surface area contributed by atoms with Gasteiger partial charge in [-0.05, 0) is 18.1 Å². The standard InChI is InChI=1S/C12H17NO2S/c1-9-4-11(6-13-5-9)8-16-7-10(2)12(14)15-3/h4-6,10H,7-8H2,1-3H3. The largest absolute Gasteiger partial charge is 0.469 e. The van der Waals surface area contributed by atoms with Gasteiger partial charge in [-0.25, -0.2) is 0 Å². The van der Waals surface area contributed by atoms with Crippen molar-refractivity contribution in [3.8, 4) is 0 Å². The molecule has 1 atom stereocenters. The molecule has 0 saturated heterocycles. The molecule has 0 aliphatic rings. The van der Waals surface area contributed by atoms with Crippen LogP contribution in [0.4, 0.5) is 0 Å². The number of nitrogens with zero attached hydrogens (tertiary/aromatic N) is 1. The van der Waals surface area contributed by atoms with Gasteiger partial charge < -0.3 is 4.74 Å². The molecule has 0 amide bonds. The Hall–Kier alpha value is -1.03. The first-order chi connectivity index (χ1) is 7.63. The number of pyridine rings is 1. The van der Waals surface area contributed by atoms with Crippen LogP contribution in [-0.2, 0) is 15.3 Å². The van der Waals surface area contributed by atoms with E-state index < -0.39 is 0 Å². The predicted molar refractivity (Wildman–Crippen MR) is 66.3 cm³/mol. The predicted octanol–water partition coefficient (Wildman–Crippen LogP) is 2.43. The number of aromatic nitrogens is 1. The Kier molecular flexibility index (Phi) is 5.32. The van der Waals surface area contributed by atoms with Crippen LogP contribution >= 0.6 is 11.8 Å². The SMILES string of the molecule is COC(=O)C(C)CSCc1cncc(C)c1. The fourth-order valence-corrected chi connectivity index (χ4v) is 2.32. The third-order valence-corrected chi connectivity index (χ3v) is 3.44. The van der Waals surface area contributed by atoms with E-state index >= 15 is 0 Å². The molecule has 4 heteroatoms. The lowest BCUT2D eigenvalue weighted by Crippen LogP contribution is -2.14. The van der Waals surface area contributed by atoms with Gasteiger partial charge >= 0.3 is 5.97 Å². The minimum absolute atomic E-state index is 0.0484. The summed E-state index contributed by atoms with van der Waals surface area (Å²) in [6.45, 7) is 3.91. The minimum Gasteiger partial charge on any atom is -0.469 e. The summed E-state index contributed by atoms with van der Waals surface area (Å²) < 4.78 is 4.67. The van der Waals surface area contributed by atoms with Crippen LogP contribution in [-0.4, -0.2) is 23.8 Å². The molecule has 1 aromatic heterocycles. The molecule has 88 valence electrons. The summed E-state index contributed by atoms with van der Waals surface area (Å²) in [4.78, 5) is 15.3. The minimum atomic E-state index is -0.144. The zero-order valence-corrected chi connectivity index (χ0v) is 10.7. The topological polar surface area (TPSA) is 39.2 Å².